The zero-order valence-electron chi connectivity index (χ0n) is 15.0. The summed E-state index contributed by atoms with van der Waals surface area (Å²) >= 11 is 0. The lowest BCUT2D eigenvalue weighted by molar-refractivity contribution is 0.152. The van der Waals surface area contributed by atoms with E-state index in [0.717, 1.165) is 16.7 Å². The molecule has 6 N–H and O–H groups in total. The number of aliphatic imine (C=N–C) groups is 1. The van der Waals surface area contributed by atoms with Gasteiger partial charge in [0.25, 0.3) is 0 Å². The van der Waals surface area contributed by atoms with Gasteiger partial charge in [-0.15, -0.1) is 0 Å². The lowest BCUT2D eigenvalue weighted by atomic mass is 9.98. The summed E-state index contributed by atoms with van der Waals surface area (Å²) in [4.78, 5) is 4.36. The van der Waals surface area contributed by atoms with Gasteiger partial charge in [-0.3, -0.25) is 4.99 Å². The Morgan fingerprint density at radius 2 is 1.92 bits per heavy atom. The number of ether oxygens (including phenoxy) is 1. The lowest BCUT2D eigenvalue weighted by Crippen LogP contribution is -2.27. The number of allylic oxidation sites excluding steroid dienone is 3. The summed E-state index contributed by atoms with van der Waals surface area (Å²) in [6.07, 6.45) is 6.47. The van der Waals surface area contributed by atoms with E-state index in [1.54, 1.807) is 24.3 Å². The number of benzene rings is 1. The highest BCUT2D eigenvalue weighted by atomic mass is 16.5. The Morgan fingerprint density at radius 3 is 2.44 bits per heavy atom. The first-order valence-electron chi connectivity index (χ1n) is 8.07. The van der Waals surface area contributed by atoms with E-state index in [1.165, 1.54) is 0 Å². The molecule has 0 fully saturated rings. The van der Waals surface area contributed by atoms with Gasteiger partial charge in [-0.2, -0.15) is 0 Å². The minimum absolute atomic E-state index is 0.155. The van der Waals surface area contributed by atoms with Gasteiger partial charge in [0.2, 0.25) is 0 Å². The smallest absolute Gasteiger partial charge is 0.186 e. The van der Waals surface area contributed by atoms with Gasteiger partial charge in [0.05, 0.1) is 12.4 Å². The number of aryl methyl sites for hydroxylation is 2. The first kappa shape index (κ1) is 20.4. The van der Waals surface area contributed by atoms with E-state index in [1.807, 2.05) is 32.0 Å². The van der Waals surface area contributed by atoms with Gasteiger partial charge in [0, 0.05) is 18.2 Å². The van der Waals surface area contributed by atoms with Gasteiger partial charge in [0.1, 0.15) is 6.10 Å². The van der Waals surface area contributed by atoms with Crippen LogP contribution in [0.15, 0.2) is 72.1 Å². The Labute approximate surface area is 150 Å². The van der Waals surface area contributed by atoms with E-state index in [4.69, 9.17) is 21.9 Å². The molecule has 0 aliphatic heterocycles. The van der Waals surface area contributed by atoms with Crippen LogP contribution in [0.4, 0.5) is 0 Å². The summed E-state index contributed by atoms with van der Waals surface area (Å²) in [5.41, 5.74) is 22.0. The van der Waals surface area contributed by atoms with E-state index in [2.05, 4.69) is 18.2 Å². The summed E-state index contributed by atoms with van der Waals surface area (Å²) in [6, 6.07) is 6.03. The molecule has 0 spiro atoms. The van der Waals surface area contributed by atoms with Gasteiger partial charge in [-0.1, -0.05) is 49.6 Å². The van der Waals surface area contributed by atoms with Crippen molar-refractivity contribution in [3.05, 3.63) is 83.8 Å². The maximum absolute atomic E-state index is 6.06. The molecule has 0 saturated carbocycles. The fourth-order valence-electron chi connectivity index (χ4n) is 2.42. The Bertz CT molecular complexity index is 681. The van der Waals surface area contributed by atoms with Crippen LogP contribution in [0.5, 0.6) is 0 Å². The van der Waals surface area contributed by atoms with Crippen molar-refractivity contribution in [3.8, 4) is 0 Å². The summed E-state index contributed by atoms with van der Waals surface area (Å²) in [7, 11) is 0. The van der Waals surface area contributed by atoms with Crippen molar-refractivity contribution < 1.29 is 4.74 Å². The fourth-order valence-corrected chi connectivity index (χ4v) is 2.42. The van der Waals surface area contributed by atoms with Crippen LogP contribution in [0.3, 0.4) is 0 Å². The van der Waals surface area contributed by atoms with Crippen LogP contribution in [0.2, 0.25) is 0 Å². The fraction of sp³-hybridized carbons (Fsp3) is 0.250. The molecule has 1 aromatic rings. The average molecular weight is 340 g/mol. The zero-order chi connectivity index (χ0) is 18.8. The molecule has 5 heteroatoms. The molecule has 1 aromatic carbocycles. The minimum atomic E-state index is -0.426. The van der Waals surface area contributed by atoms with Gasteiger partial charge in [-0.05, 0) is 30.5 Å². The first-order valence-corrected chi connectivity index (χ1v) is 8.07. The van der Waals surface area contributed by atoms with Crippen molar-refractivity contribution in [1.29, 1.82) is 0 Å². The summed E-state index contributed by atoms with van der Waals surface area (Å²) in [5, 5.41) is 0. The summed E-state index contributed by atoms with van der Waals surface area (Å²) < 4.78 is 5.74. The number of hydrogen-bond acceptors (Lipinski definition) is 5. The van der Waals surface area contributed by atoms with E-state index >= 15 is 0 Å². The van der Waals surface area contributed by atoms with Crippen LogP contribution >= 0.6 is 0 Å². The molecule has 1 atom stereocenters. The van der Waals surface area contributed by atoms with E-state index in [-0.39, 0.29) is 19.1 Å². The molecule has 0 aliphatic rings. The Kier molecular flexibility index (Phi) is 8.39. The van der Waals surface area contributed by atoms with Crippen molar-refractivity contribution in [3.63, 3.8) is 0 Å². The molecule has 0 unspecified atom stereocenters. The van der Waals surface area contributed by atoms with Crippen molar-refractivity contribution in [2.75, 3.05) is 13.2 Å². The molecule has 5 nitrogen and oxygen atoms in total. The van der Waals surface area contributed by atoms with Crippen molar-refractivity contribution in [1.82, 2.24) is 0 Å². The molecule has 0 amide bonds. The van der Waals surface area contributed by atoms with Crippen molar-refractivity contribution >= 4 is 5.71 Å². The molecule has 0 radical (unpaired) electrons. The third-order valence-electron chi connectivity index (χ3n) is 3.63. The molecule has 1 rings (SSSR count). The van der Waals surface area contributed by atoms with Crippen LogP contribution in [0, 0.1) is 13.8 Å². The van der Waals surface area contributed by atoms with Gasteiger partial charge in [-0.25, -0.2) is 0 Å². The third-order valence-corrected chi connectivity index (χ3v) is 3.63. The minimum Gasteiger partial charge on any atom is -0.470 e. The number of rotatable bonds is 9. The van der Waals surface area contributed by atoms with E-state index in [9.17, 15) is 0 Å². The molecular formula is C20H28N4O. The van der Waals surface area contributed by atoms with Crippen LogP contribution in [-0.4, -0.2) is 25.0 Å². The van der Waals surface area contributed by atoms with Crippen molar-refractivity contribution in [2.45, 2.75) is 20.0 Å². The maximum atomic E-state index is 6.06. The quantitative estimate of drug-likeness (QED) is 0.365. The average Bonchev–Trinajstić information content (AvgIpc) is 2.57. The Hall–Kier alpha value is -2.63. The lowest BCUT2D eigenvalue weighted by Gasteiger charge is -2.18. The molecular weight excluding hydrogens is 312 g/mol. The monoisotopic (exact) mass is 340 g/mol. The third kappa shape index (κ3) is 6.06. The number of nitrogens with two attached hydrogens (primary N) is 3. The van der Waals surface area contributed by atoms with Crippen LogP contribution in [0.1, 0.15) is 16.7 Å². The molecule has 0 heterocycles. The van der Waals surface area contributed by atoms with Gasteiger partial charge in [0.15, 0.2) is 5.88 Å². The largest absolute Gasteiger partial charge is 0.470 e. The molecule has 134 valence electrons. The van der Waals surface area contributed by atoms with Crippen LogP contribution in [-0.2, 0) is 4.74 Å². The predicted octanol–water partition coefficient (Wildman–Crippen LogP) is 2.45. The molecule has 0 bridgehead atoms. The Balaban J connectivity index is 3.10. The highest BCUT2D eigenvalue weighted by Gasteiger charge is 2.13. The SMILES string of the molecule is C=C/C=C\C(=C)[C@H](CN)O/C(N)=C/C(=N\CN)c1c(C)cccc1C. The second-order valence-electron chi connectivity index (χ2n) is 5.55. The standard InChI is InChI=1S/C20H28N4O/c1-5-6-8-14(2)18(12-21)25-19(23)11-17(24-13-22)20-15(3)9-7-10-16(20)4/h5-11,18H,1-2,12-13,21-23H2,3-4H3/b8-6-,19-11+,24-17+/t18-/m0/s1. The Morgan fingerprint density at radius 1 is 1.28 bits per heavy atom. The highest BCUT2D eigenvalue weighted by Crippen LogP contribution is 2.17. The summed E-state index contributed by atoms with van der Waals surface area (Å²) in [5.74, 6) is 0.207. The predicted molar refractivity (Wildman–Crippen MR) is 106 cm³/mol. The second kappa shape index (κ2) is 10.3. The van der Waals surface area contributed by atoms with Crippen LogP contribution in [0.25, 0.3) is 0 Å². The van der Waals surface area contributed by atoms with Gasteiger partial charge >= 0.3 is 0 Å². The topological polar surface area (TPSA) is 99.6 Å². The van der Waals surface area contributed by atoms with Gasteiger partial charge < -0.3 is 21.9 Å². The van der Waals surface area contributed by atoms with Crippen molar-refractivity contribution in [2.24, 2.45) is 22.2 Å². The van der Waals surface area contributed by atoms with Crippen LogP contribution < -0.4 is 17.2 Å². The molecule has 0 saturated heterocycles. The number of nitrogens with zero attached hydrogens (tertiary/aromatic N) is 1. The first-order chi connectivity index (χ1) is 11.9. The maximum Gasteiger partial charge on any atom is 0.186 e. The zero-order valence-corrected chi connectivity index (χ0v) is 15.0. The second-order valence-corrected chi connectivity index (χ2v) is 5.55. The summed E-state index contributed by atoms with van der Waals surface area (Å²) in [6.45, 7) is 12.0. The molecule has 25 heavy (non-hydrogen) atoms. The highest BCUT2D eigenvalue weighted by molar-refractivity contribution is 6.10. The normalized spacial score (nSPS) is 13.8. The molecule has 0 aromatic heterocycles. The van der Waals surface area contributed by atoms with E-state index < -0.39 is 6.10 Å². The number of hydrogen-bond donors (Lipinski definition) is 3. The molecule has 0 aliphatic carbocycles. The van der Waals surface area contributed by atoms with E-state index in [0.29, 0.717) is 11.3 Å².